The van der Waals surface area contributed by atoms with Gasteiger partial charge in [-0.2, -0.15) is 0 Å². The molecule has 0 radical (unpaired) electrons. The molecule has 0 aliphatic carbocycles. The van der Waals surface area contributed by atoms with Gasteiger partial charge < -0.3 is 0 Å². The van der Waals surface area contributed by atoms with Crippen molar-refractivity contribution in [1.29, 1.82) is 0 Å². The molecule has 0 atom stereocenters. The lowest BCUT2D eigenvalue weighted by Gasteiger charge is -1.97. The number of fused-ring (bicyclic) bond motifs is 1. The van der Waals surface area contributed by atoms with E-state index in [-0.39, 0.29) is 5.78 Å². The largest absolute Gasteiger partial charge is 0.294 e. The second-order valence-corrected chi connectivity index (χ2v) is 4.33. The molecule has 0 saturated carbocycles. The number of aromatic nitrogens is 1. The van der Waals surface area contributed by atoms with E-state index in [0.717, 1.165) is 10.2 Å². The molecule has 0 aromatic carbocycles. The first-order chi connectivity index (χ1) is 7.81. The number of hydrogen-bond acceptors (Lipinski definition) is 3. The van der Waals surface area contributed by atoms with Gasteiger partial charge in [-0.25, -0.2) is 0 Å². The lowest BCUT2D eigenvalue weighted by atomic mass is 10.1. The maximum atomic E-state index is 11.8. The fourth-order valence-electron chi connectivity index (χ4n) is 1.44. The fourth-order valence-corrected chi connectivity index (χ4v) is 2.22. The Bertz CT molecular complexity index is 574. The predicted octanol–water partition coefficient (Wildman–Crippen LogP) is 3.28. The standard InChI is InChI=1S/C13H11NOS/c1-2-3-4-5-12(15)10-8-13-11(14-9-10)6-7-16-13/h6-9H,4-5H2,1H3. The fraction of sp³-hybridized carbons (Fsp3) is 0.231. The summed E-state index contributed by atoms with van der Waals surface area (Å²) in [5.41, 5.74) is 1.64. The first-order valence-electron chi connectivity index (χ1n) is 5.07. The first-order valence-corrected chi connectivity index (χ1v) is 5.95. The van der Waals surface area contributed by atoms with Crippen molar-refractivity contribution >= 4 is 27.3 Å². The number of nitrogens with zero attached hydrogens (tertiary/aromatic N) is 1. The van der Waals surface area contributed by atoms with Gasteiger partial charge in [0, 0.05) is 24.6 Å². The van der Waals surface area contributed by atoms with Crippen molar-refractivity contribution in [2.45, 2.75) is 19.8 Å². The van der Waals surface area contributed by atoms with Gasteiger partial charge in [0.25, 0.3) is 0 Å². The molecule has 0 amide bonds. The predicted molar refractivity (Wildman–Crippen MR) is 66.6 cm³/mol. The van der Waals surface area contributed by atoms with Gasteiger partial charge in [-0.05, 0) is 24.4 Å². The highest BCUT2D eigenvalue weighted by atomic mass is 32.1. The molecular weight excluding hydrogens is 218 g/mol. The van der Waals surface area contributed by atoms with Crippen LogP contribution in [0.15, 0.2) is 23.7 Å². The topological polar surface area (TPSA) is 30.0 Å². The summed E-state index contributed by atoms with van der Waals surface area (Å²) in [7, 11) is 0. The van der Waals surface area contributed by atoms with Crippen LogP contribution in [0.4, 0.5) is 0 Å². The summed E-state index contributed by atoms with van der Waals surface area (Å²) in [5, 5.41) is 1.98. The Labute approximate surface area is 98.3 Å². The summed E-state index contributed by atoms with van der Waals surface area (Å²) in [6.07, 6.45) is 2.74. The molecular formula is C13H11NOS. The molecule has 2 rings (SSSR count). The van der Waals surface area contributed by atoms with Crippen LogP contribution in [0.25, 0.3) is 10.2 Å². The second-order valence-electron chi connectivity index (χ2n) is 3.38. The van der Waals surface area contributed by atoms with Gasteiger partial charge in [0.15, 0.2) is 5.78 Å². The summed E-state index contributed by atoms with van der Waals surface area (Å²) < 4.78 is 1.06. The average molecular weight is 229 g/mol. The summed E-state index contributed by atoms with van der Waals surface area (Å²) in [4.78, 5) is 16.0. The number of ketones is 1. The van der Waals surface area contributed by atoms with Crippen molar-refractivity contribution in [2.75, 3.05) is 0 Å². The summed E-state index contributed by atoms with van der Waals surface area (Å²) in [5.74, 6) is 5.79. The van der Waals surface area contributed by atoms with Gasteiger partial charge in [0.05, 0.1) is 10.2 Å². The molecule has 0 aliphatic rings. The zero-order valence-electron chi connectivity index (χ0n) is 8.99. The third kappa shape index (κ3) is 2.29. The van der Waals surface area contributed by atoms with Gasteiger partial charge in [-0.15, -0.1) is 23.2 Å². The van der Waals surface area contributed by atoms with Gasteiger partial charge >= 0.3 is 0 Å². The number of carbonyl (C=O) groups excluding carboxylic acids is 1. The van der Waals surface area contributed by atoms with Gasteiger partial charge in [0.1, 0.15) is 0 Å². The zero-order valence-corrected chi connectivity index (χ0v) is 9.80. The maximum Gasteiger partial charge on any atom is 0.165 e. The van der Waals surface area contributed by atoms with Crippen molar-refractivity contribution in [1.82, 2.24) is 4.98 Å². The molecule has 0 fully saturated rings. The van der Waals surface area contributed by atoms with Gasteiger partial charge in [-0.1, -0.05) is 0 Å². The van der Waals surface area contributed by atoms with Crippen molar-refractivity contribution < 1.29 is 4.79 Å². The van der Waals surface area contributed by atoms with Crippen molar-refractivity contribution in [3.8, 4) is 11.8 Å². The first kappa shape index (κ1) is 10.8. The molecule has 80 valence electrons. The molecule has 2 nitrogen and oxygen atoms in total. The molecule has 2 heterocycles. The molecule has 16 heavy (non-hydrogen) atoms. The van der Waals surface area contributed by atoms with E-state index in [9.17, 15) is 4.79 Å². The maximum absolute atomic E-state index is 11.8. The smallest absolute Gasteiger partial charge is 0.165 e. The summed E-state index contributed by atoms with van der Waals surface area (Å²) in [6.45, 7) is 1.78. The molecule has 0 spiro atoms. The average Bonchev–Trinajstić information content (AvgIpc) is 2.76. The van der Waals surface area contributed by atoms with Gasteiger partial charge in [0.2, 0.25) is 0 Å². The number of Topliss-reactive ketones (excluding diaryl/α,β-unsaturated/α-hetero) is 1. The van der Waals surface area contributed by atoms with E-state index in [1.807, 2.05) is 17.5 Å². The van der Waals surface area contributed by atoms with Crippen LogP contribution >= 0.6 is 11.3 Å². The number of hydrogen-bond donors (Lipinski definition) is 0. The molecule has 0 aliphatic heterocycles. The second kappa shape index (κ2) is 4.91. The summed E-state index contributed by atoms with van der Waals surface area (Å²) in [6, 6.07) is 3.87. The van der Waals surface area contributed by atoms with Crippen LogP contribution in [0.3, 0.4) is 0 Å². The third-order valence-electron chi connectivity index (χ3n) is 2.28. The normalized spacial score (nSPS) is 9.81. The Balaban J connectivity index is 2.18. The molecule has 0 N–H and O–H groups in total. The van der Waals surface area contributed by atoms with Crippen molar-refractivity contribution in [3.05, 3.63) is 29.3 Å². The van der Waals surface area contributed by atoms with E-state index >= 15 is 0 Å². The van der Waals surface area contributed by atoms with E-state index in [4.69, 9.17) is 0 Å². The minimum Gasteiger partial charge on any atom is -0.294 e. The number of pyridine rings is 1. The van der Waals surface area contributed by atoms with Crippen LogP contribution in [-0.2, 0) is 0 Å². The molecule has 0 unspecified atom stereocenters. The lowest BCUT2D eigenvalue weighted by Crippen LogP contribution is -1.98. The highest BCUT2D eigenvalue weighted by Gasteiger charge is 2.06. The van der Waals surface area contributed by atoms with Crippen molar-refractivity contribution in [2.24, 2.45) is 0 Å². The van der Waals surface area contributed by atoms with Crippen LogP contribution in [0, 0.1) is 11.8 Å². The molecule has 2 aromatic rings. The van der Waals surface area contributed by atoms with E-state index in [1.165, 1.54) is 0 Å². The Kier molecular flexibility index (Phi) is 3.33. The summed E-state index contributed by atoms with van der Waals surface area (Å²) >= 11 is 1.60. The SMILES string of the molecule is CC#CCCC(=O)c1cnc2ccsc2c1. The Morgan fingerprint density at radius 1 is 1.56 bits per heavy atom. The highest BCUT2D eigenvalue weighted by Crippen LogP contribution is 2.20. The van der Waals surface area contributed by atoms with Crippen LogP contribution in [0.5, 0.6) is 0 Å². The van der Waals surface area contributed by atoms with Crippen LogP contribution in [-0.4, -0.2) is 10.8 Å². The van der Waals surface area contributed by atoms with E-state index < -0.39 is 0 Å². The minimum absolute atomic E-state index is 0.116. The van der Waals surface area contributed by atoms with E-state index in [2.05, 4.69) is 16.8 Å². The Hall–Kier alpha value is -1.66. The van der Waals surface area contributed by atoms with Crippen molar-refractivity contribution in [3.63, 3.8) is 0 Å². The molecule has 3 heteroatoms. The lowest BCUT2D eigenvalue weighted by molar-refractivity contribution is 0.0984. The Morgan fingerprint density at radius 3 is 3.25 bits per heavy atom. The number of carbonyl (C=O) groups is 1. The highest BCUT2D eigenvalue weighted by molar-refractivity contribution is 7.17. The van der Waals surface area contributed by atoms with Crippen LogP contribution in [0.2, 0.25) is 0 Å². The third-order valence-corrected chi connectivity index (χ3v) is 3.13. The molecule has 2 aromatic heterocycles. The monoisotopic (exact) mass is 229 g/mol. The quantitative estimate of drug-likeness (QED) is 0.597. The van der Waals surface area contributed by atoms with E-state index in [0.29, 0.717) is 18.4 Å². The van der Waals surface area contributed by atoms with Crippen LogP contribution < -0.4 is 0 Å². The molecule has 0 bridgehead atoms. The van der Waals surface area contributed by atoms with E-state index in [1.54, 1.807) is 24.5 Å². The number of thiophene rings is 1. The van der Waals surface area contributed by atoms with Gasteiger partial charge in [-0.3, -0.25) is 9.78 Å². The minimum atomic E-state index is 0.116. The Morgan fingerprint density at radius 2 is 2.44 bits per heavy atom. The zero-order chi connectivity index (χ0) is 11.4. The molecule has 0 saturated heterocycles. The van der Waals surface area contributed by atoms with Crippen LogP contribution in [0.1, 0.15) is 30.1 Å². The number of rotatable bonds is 3.